The third-order valence-corrected chi connectivity index (χ3v) is 4.52. The van der Waals surface area contributed by atoms with Crippen LogP contribution < -0.4 is 0 Å². The minimum atomic E-state index is -4.28. The Labute approximate surface area is 103 Å². The molecule has 1 nitrogen and oxygen atoms in total. The summed E-state index contributed by atoms with van der Waals surface area (Å²) in [6.45, 7) is 1.85. The van der Waals surface area contributed by atoms with Crippen molar-refractivity contribution < 1.29 is 13.2 Å². The highest BCUT2D eigenvalue weighted by molar-refractivity contribution is 7.20. The fourth-order valence-corrected chi connectivity index (χ4v) is 3.53. The van der Waals surface area contributed by atoms with E-state index in [9.17, 15) is 13.2 Å². The smallest absolute Gasteiger partial charge is 0.241 e. The number of alkyl halides is 3. The van der Waals surface area contributed by atoms with E-state index in [2.05, 4.69) is 4.98 Å². The van der Waals surface area contributed by atoms with Crippen molar-refractivity contribution in [1.29, 1.82) is 0 Å². The van der Waals surface area contributed by atoms with Gasteiger partial charge in [0.15, 0.2) is 0 Å². The number of thiazole rings is 1. The van der Waals surface area contributed by atoms with Gasteiger partial charge in [0.2, 0.25) is 0 Å². The van der Waals surface area contributed by atoms with Gasteiger partial charge in [0.25, 0.3) is 0 Å². The van der Waals surface area contributed by atoms with Gasteiger partial charge in [0, 0.05) is 10.1 Å². The lowest BCUT2D eigenvalue weighted by Crippen LogP contribution is -2.00. The van der Waals surface area contributed by atoms with Crippen LogP contribution in [0.3, 0.4) is 0 Å². The van der Waals surface area contributed by atoms with Crippen molar-refractivity contribution in [1.82, 2.24) is 4.98 Å². The topological polar surface area (TPSA) is 12.9 Å². The predicted molar refractivity (Wildman–Crippen MR) is 64.7 cm³/mol. The summed E-state index contributed by atoms with van der Waals surface area (Å²) >= 11 is 2.26. The second-order valence-corrected chi connectivity index (χ2v) is 5.98. The number of benzene rings is 1. The number of aromatic nitrogens is 1. The molecular formula is C11H6F3NS2. The second kappa shape index (κ2) is 3.43. The normalized spacial score (nSPS) is 12.7. The van der Waals surface area contributed by atoms with Gasteiger partial charge in [0.1, 0.15) is 4.88 Å². The average Bonchev–Trinajstić information content (AvgIpc) is 2.76. The van der Waals surface area contributed by atoms with Crippen LogP contribution in [0.25, 0.3) is 20.3 Å². The quantitative estimate of drug-likeness (QED) is 0.571. The van der Waals surface area contributed by atoms with Gasteiger partial charge < -0.3 is 0 Å². The Bertz CT molecular complexity index is 708. The first-order valence-electron chi connectivity index (χ1n) is 4.82. The maximum absolute atomic E-state index is 12.6. The summed E-state index contributed by atoms with van der Waals surface area (Å²) in [5.74, 6) is 0. The molecule has 2 heterocycles. The zero-order valence-corrected chi connectivity index (χ0v) is 10.3. The molecule has 6 heteroatoms. The average molecular weight is 273 g/mol. The molecule has 0 aliphatic carbocycles. The van der Waals surface area contributed by atoms with Crippen LogP contribution in [0, 0.1) is 6.92 Å². The minimum absolute atomic E-state index is 0.564. The second-order valence-electron chi connectivity index (χ2n) is 3.67. The van der Waals surface area contributed by atoms with Crippen LogP contribution in [-0.4, -0.2) is 4.98 Å². The molecule has 0 radical (unpaired) electrons. The van der Waals surface area contributed by atoms with Gasteiger partial charge in [-0.05, 0) is 25.1 Å². The predicted octanol–water partition coefficient (Wildman–Crippen LogP) is 4.84. The number of halogens is 3. The van der Waals surface area contributed by atoms with Crippen LogP contribution in [0.2, 0.25) is 0 Å². The zero-order chi connectivity index (χ0) is 12.2. The Morgan fingerprint density at radius 1 is 1.12 bits per heavy atom. The first-order valence-corrected chi connectivity index (χ1v) is 6.45. The molecule has 0 N–H and O–H groups in total. The molecular weight excluding hydrogens is 267 g/mol. The highest BCUT2D eigenvalue weighted by atomic mass is 32.1. The largest absolute Gasteiger partial charge is 0.425 e. The maximum Gasteiger partial charge on any atom is 0.425 e. The highest BCUT2D eigenvalue weighted by Gasteiger charge is 2.33. The SMILES string of the molecule is Cc1nc2c(ccc3sc(C(F)(F)F)cc32)s1. The van der Waals surface area contributed by atoms with Crippen molar-refractivity contribution in [3.8, 4) is 0 Å². The van der Waals surface area contributed by atoms with E-state index in [0.717, 1.165) is 21.0 Å². The van der Waals surface area contributed by atoms with Crippen molar-refractivity contribution in [2.45, 2.75) is 13.1 Å². The van der Waals surface area contributed by atoms with Gasteiger partial charge in [-0.25, -0.2) is 4.98 Å². The Balaban J connectivity index is 2.38. The summed E-state index contributed by atoms with van der Waals surface area (Å²) in [5, 5.41) is 1.47. The first-order chi connectivity index (χ1) is 7.95. The summed E-state index contributed by atoms with van der Waals surface area (Å²) < 4.78 is 39.4. The molecule has 0 atom stereocenters. The van der Waals surface area contributed by atoms with Crippen molar-refractivity contribution in [2.24, 2.45) is 0 Å². The molecule has 2 aromatic heterocycles. The summed E-state index contributed by atoms with van der Waals surface area (Å²) in [5.41, 5.74) is 0.678. The molecule has 0 saturated carbocycles. The number of thiophene rings is 1. The molecule has 3 aromatic rings. The molecule has 0 amide bonds. The van der Waals surface area contributed by atoms with Gasteiger partial charge in [-0.3, -0.25) is 0 Å². The van der Waals surface area contributed by atoms with E-state index in [1.54, 1.807) is 6.07 Å². The summed E-state index contributed by atoms with van der Waals surface area (Å²) in [7, 11) is 0. The molecule has 3 rings (SSSR count). The van der Waals surface area contributed by atoms with E-state index in [4.69, 9.17) is 0 Å². The Kier molecular flexibility index (Phi) is 2.21. The highest BCUT2D eigenvalue weighted by Crippen LogP contribution is 2.40. The third kappa shape index (κ3) is 1.71. The monoisotopic (exact) mass is 273 g/mol. The van der Waals surface area contributed by atoms with Crippen molar-refractivity contribution >= 4 is 43.0 Å². The summed E-state index contributed by atoms with van der Waals surface area (Å²) in [6.07, 6.45) is -4.28. The van der Waals surface area contributed by atoms with Crippen LogP contribution >= 0.6 is 22.7 Å². The van der Waals surface area contributed by atoms with Crippen molar-refractivity contribution in [3.05, 3.63) is 28.1 Å². The molecule has 0 bridgehead atoms. The Hall–Kier alpha value is -1.14. The van der Waals surface area contributed by atoms with Gasteiger partial charge in [-0.15, -0.1) is 22.7 Å². The third-order valence-electron chi connectivity index (χ3n) is 2.44. The number of rotatable bonds is 0. The number of hydrogen-bond donors (Lipinski definition) is 0. The lowest BCUT2D eigenvalue weighted by molar-refractivity contribution is -0.134. The molecule has 0 spiro atoms. The molecule has 0 saturated heterocycles. The molecule has 17 heavy (non-hydrogen) atoms. The van der Waals surface area contributed by atoms with Crippen LogP contribution in [0.15, 0.2) is 18.2 Å². The molecule has 1 aromatic carbocycles. The summed E-state index contributed by atoms with van der Waals surface area (Å²) in [6, 6.07) is 4.76. The lowest BCUT2D eigenvalue weighted by atomic mass is 10.2. The van der Waals surface area contributed by atoms with E-state index in [1.807, 2.05) is 13.0 Å². The van der Waals surface area contributed by atoms with E-state index < -0.39 is 11.1 Å². The van der Waals surface area contributed by atoms with Crippen molar-refractivity contribution in [3.63, 3.8) is 0 Å². The van der Waals surface area contributed by atoms with Crippen LogP contribution in [0.4, 0.5) is 13.2 Å². The van der Waals surface area contributed by atoms with Crippen LogP contribution in [0.1, 0.15) is 9.88 Å². The molecule has 88 valence electrons. The van der Waals surface area contributed by atoms with Crippen LogP contribution in [0.5, 0.6) is 0 Å². The Morgan fingerprint density at radius 2 is 1.82 bits per heavy atom. The number of hydrogen-bond acceptors (Lipinski definition) is 3. The van der Waals surface area contributed by atoms with Crippen LogP contribution in [-0.2, 0) is 6.18 Å². The van der Waals surface area contributed by atoms with Gasteiger partial charge >= 0.3 is 6.18 Å². The van der Waals surface area contributed by atoms with E-state index in [0.29, 0.717) is 15.6 Å². The molecule has 0 aliphatic rings. The standard InChI is InChI=1S/C11H6F3NS2/c1-5-15-10-6-4-9(11(12,13)14)17-7(6)2-3-8(10)16-5/h2-4H,1H3. The van der Waals surface area contributed by atoms with E-state index >= 15 is 0 Å². The number of nitrogens with zero attached hydrogens (tertiary/aromatic N) is 1. The zero-order valence-electron chi connectivity index (χ0n) is 8.63. The van der Waals surface area contributed by atoms with Crippen molar-refractivity contribution in [2.75, 3.05) is 0 Å². The fraction of sp³-hybridized carbons (Fsp3) is 0.182. The Morgan fingerprint density at radius 3 is 2.53 bits per heavy atom. The lowest BCUT2D eigenvalue weighted by Gasteiger charge is -1.99. The fourth-order valence-electron chi connectivity index (χ4n) is 1.75. The molecule has 0 fully saturated rings. The summed E-state index contributed by atoms with van der Waals surface area (Å²) in [4.78, 5) is 3.73. The molecule has 0 unspecified atom stereocenters. The van der Waals surface area contributed by atoms with E-state index in [-0.39, 0.29) is 0 Å². The minimum Gasteiger partial charge on any atom is -0.241 e. The number of fused-ring (bicyclic) bond motifs is 3. The van der Waals surface area contributed by atoms with Gasteiger partial charge in [0.05, 0.1) is 15.2 Å². The van der Waals surface area contributed by atoms with Gasteiger partial charge in [-0.1, -0.05) is 0 Å². The molecule has 0 aliphatic heterocycles. The van der Waals surface area contributed by atoms with E-state index in [1.165, 1.54) is 17.4 Å². The maximum atomic E-state index is 12.6. The van der Waals surface area contributed by atoms with Gasteiger partial charge in [-0.2, -0.15) is 13.2 Å². The first kappa shape index (κ1) is 11.0. The number of aryl methyl sites for hydroxylation is 1.